The van der Waals surface area contributed by atoms with Crippen LogP contribution in [0.5, 0.6) is 0 Å². The van der Waals surface area contributed by atoms with Gasteiger partial charge in [-0.15, -0.1) is 0 Å². The van der Waals surface area contributed by atoms with Crippen LogP contribution < -0.4 is 16.0 Å². The molecule has 1 aromatic heterocycles. The highest BCUT2D eigenvalue weighted by Crippen LogP contribution is 2.19. The Bertz CT molecular complexity index is 926. The number of hydrogen-bond acceptors (Lipinski definition) is 5. The number of aromatic nitrogens is 2. The smallest absolute Gasteiger partial charge is 0.255 e. The van der Waals surface area contributed by atoms with Gasteiger partial charge in [0.05, 0.1) is 0 Å². The minimum absolute atomic E-state index is 0.135. The van der Waals surface area contributed by atoms with Crippen molar-refractivity contribution in [1.29, 1.82) is 0 Å². The third kappa shape index (κ3) is 5.40. The fraction of sp³-hybridized carbons (Fsp3) is 0.150. The molecule has 7 heteroatoms. The normalized spacial score (nSPS) is 10.3. The van der Waals surface area contributed by atoms with Crippen LogP contribution >= 0.6 is 22.6 Å². The third-order valence-corrected chi connectivity index (χ3v) is 4.44. The fourth-order valence-corrected chi connectivity index (χ4v) is 2.83. The summed E-state index contributed by atoms with van der Waals surface area (Å²) in [7, 11) is 0. The molecule has 0 radical (unpaired) electrons. The third-order valence-electron chi connectivity index (χ3n) is 3.72. The zero-order valence-corrected chi connectivity index (χ0v) is 17.2. The molecule has 0 fully saturated rings. The van der Waals surface area contributed by atoms with Crippen LogP contribution in [0.2, 0.25) is 0 Å². The lowest BCUT2D eigenvalue weighted by Gasteiger charge is -2.10. The van der Waals surface area contributed by atoms with E-state index in [9.17, 15) is 4.79 Å². The quantitative estimate of drug-likeness (QED) is 0.448. The molecule has 0 unspecified atom stereocenters. The minimum atomic E-state index is -0.135. The van der Waals surface area contributed by atoms with Crippen molar-refractivity contribution in [3.63, 3.8) is 0 Å². The van der Waals surface area contributed by atoms with E-state index in [4.69, 9.17) is 0 Å². The molecule has 138 valence electrons. The predicted octanol–water partition coefficient (Wildman–Crippen LogP) is 4.82. The van der Waals surface area contributed by atoms with Crippen molar-refractivity contribution in [3.8, 4) is 0 Å². The molecule has 6 nitrogen and oxygen atoms in total. The van der Waals surface area contributed by atoms with Crippen LogP contribution in [0, 0.1) is 10.5 Å². The van der Waals surface area contributed by atoms with E-state index in [1.165, 1.54) is 0 Å². The van der Waals surface area contributed by atoms with Crippen molar-refractivity contribution in [2.24, 2.45) is 0 Å². The van der Waals surface area contributed by atoms with Gasteiger partial charge in [-0.1, -0.05) is 0 Å². The number of carbonyl (C=O) groups excluding carboxylic acids is 1. The van der Waals surface area contributed by atoms with Gasteiger partial charge in [-0.25, -0.2) is 4.98 Å². The first kappa shape index (κ1) is 19.1. The Hall–Kier alpha value is -2.68. The number of nitrogens with zero attached hydrogens (tertiary/aromatic N) is 2. The van der Waals surface area contributed by atoms with E-state index in [1.807, 2.05) is 68.4 Å². The Labute approximate surface area is 172 Å². The van der Waals surface area contributed by atoms with E-state index in [0.29, 0.717) is 11.5 Å². The summed E-state index contributed by atoms with van der Waals surface area (Å²) in [6, 6.07) is 16.8. The second kappa shape index (κ2) is 8.81. The van der Waals surface area contributed by atoms with Gasteiger partial charge >= 0.3 is 0 Å². The number of nitrogens with one attached hydrogen (secondary N) is 3. The lowest BCUT2D eigenvalue weighted by molar-refractivity contribution is 0.102. The predicted molar refractivity (Wildman–Crippen MR) is 118 cm³/mol. The van der Waals surface area contributed by atoms with Gasteiger partial charge in [0.2, 0.25) is 5.95 Å². The maximum absolute atomic E-state index is 12.3. The number of amides is 1. The Balaban J connectivity index is 1.67. The van der Waals surface area contributed by atoms with Gasteiger partial charge in [-0.2, -0.15) is 4.98 Å². The molecule has 0 aliphatic heterocycles. The molecule has 1 amide bonds. The maximum atomic E-state index is 12.3. The molecule has 0 bridgehead atoms. The fourth-order valence-electron chi connectivity index (χ4n) is 2.47. The highest BCUT2D eigenvalue weighted by Gasteiger charge is 2.06. The van der Waals surface area contributed by atoms with Crippen molar-refractivity contribution in [2.45, 2.75) is 13.8 Å². The maximum Gasteiger partial charge on any atom is 0.255 e. The molecule has 27 heavy (non-hydrogen) atoms. The molecule has 3 N–H and O–H groups in total. The topological polar surface area (TPSA) is 78.9 Å². The van der Waals surface area contributed by atoms with Crippen molar-refractivity contribution in [3.05, 3.63) is 69.4 Å². The molecular weight excluding hydrogens is 453 g/mol. The SMILES string of the molecule is CCNc1cc(C)nc(Nc2ccc(NC(=O)c3ccc(I)cc3)cc2)n1. The van der Waals surface area contributed by atoms with Crippen LogP contribution in [0.3, 0.4) is 0 Å². The highest BCUT2D eigenvalue weighted by molar-refractivity contribution is 14.1. The molecule has 0 spiro atoms. The van der Waals surface area contributed by atoms with Gasteiger partial charge in [0.25, 0.3) is 5.91 Å². The van der Waals surface area contributed by atoms with Gasteiger partial charge in [0, 0.05) is 38.8 Å². The molecule has 0 aliphatic rings. The van der Waals surface area contributed by atoms with Crippen LogP contribution in [-0.2, 0) is 0 Å². The number of halogens is 1. The number of rotatable bonds is 6. The highest BCUT2D eigenvalue weighted by atomic mass is 127. The van der Waals surface area contributed by atoms with Crippen molar-refractivity contribution < 1.29 is 4.79 Å². The number of anilines is 4. The van der Waals surface area contributed by atoms with E-state index in [1.54, 1.807) is 0 Å². The van der Waals surface area contributed by atoms with Crippen molar-refractivity contribution in [1.82, 2.24) is 9.97 Å². The van der Waals surface area contributed by atoms with Crippen LogP contribution in [0.25, 0.3) is 0 Å². The summed E-state index contributed by atoms with van der Waals surface area (Å²) < 4.78 is 1.09. The molecule has 0 atom stereocenters. The molecule has 3 rings (SSSR count). The Morgan fingerprint density at radius 3 is 2.33 bits per heavy atom. The average molecular weight is 473 g/mol. The summed E-state index contributed by atoms with van der Waals surface area (Å²) in [6.07, 6.45) is 0. The van der Waals surface area contributed by atoms with Crippen LogP contribution in [0.4, 0.5) is 23.1 Å². The molecule has 3 aromatic rings. The van der Waals surface area contributed by atoms with E-state index in [-0.39, 0.29) is 5.91 Å². The van der Waals surface area contributed by atoms with Gasteiger partial charge in [-0.05, 0) is 85.0 Å². The van der Waals surface area contributed by atoms with E-state index in [2.05, 4.69) is 48.5 Å². The number of hydrogen-bond donors (Lipinski definition) is 3. The number of aryl methyl sites for hydroxylation is 1. The van der Waals surface area contributed by atoms with Crippen LogP contribution in [0.1, 0.15) is 23.0 Å². The summed E-state index contributed by atoms with van der Waals surface area (Å²) in [5, 5.41) is 9.26. The summed E-state index contributed by atoms with van der Waals surface area (Å²) >= 11 is 2.21. The van der Waals surface area contributed by atoms with Gasteiger partial charge in [-0.3, -0.25) is 4.79 Å². The average Bonchev–Trinajstić information content (AvgIpc) is 2.64. The number of carbonyl (C=O) groups is 1. The van der Waals surface area contributed by atoms with Crippen molar-refractivity contribution in [2.75, 3.05) is 22.5 Å². The van der Waals surface area contributed by atoms with E-state index in [0.717, 1.165) is 33.0 Å². The summed E-state index contributed by atoms with van der Waals surface area (Å²) in [5.41, 5.74) is 3.07. The van der Waals surface area contributed by atoms with Crippen LogP contribution in [-0.4, -0.2) is 22.4 Å². The van der Waals surface area contributed by atoms with E-state index >= 15 is 0 Å². The minimum Gasteiger partial charge on any atom is -0.370 e. The molecule has 1 heterocycles. The first-order valence-electron chi connectivity index (χ1n) is 8.57. The largest absolute Gasteiger partial charge is 0.370 e. The van der Waals surface area contributed by atoms with Crippen molar-refractivity contribution >= 4 is 51.6 Å². The molecule has 0 aliphatic carbocycles. The second-order valence-corrected chi connectivity index (χ2v) is 7.16. The zero-order valence-electron chi connectivity index (χ0n) is 15.1. The summed E-state index contributed by atoms with van der Waals surface area (Å²) in [5.74, 6) is 1.18. The number of benzene rings is 2. The molecule has 0 saturated heterocycles. The Morgan fingerprint density at radius 2 is 1.67 bits per heavy atom. The molecular formula is C20H20IN5O. The monoisotopic (exact) mass is 473 g/mol. The molecule has 2 aromatic carbocycles. The standard InChI is InChI=1S/C20H20IN5O/c1-3-22-18-12-13(2)23-20(26-18)25-17-10-8-16(9-11-17)24-19(27)14-4-6-15(21)7-5-14/h4-12H,3H2,1-2H3,(H,24,27)(H2,22,23,25,26). The first-order chi connectivity index (χ1) is 13.0. The lowest BCUT2D eigenvalue weighted by atomic mass is 10.2. The summed E-state index contributed by atoms with van der Waals surface area (Å²) in [4.78, 5) is 21.1. The van der Waals surface area contributed by atoms with Gasteiger partial charge in [0.15, 0.2) is 0 Å². The van der Waals surface area contributed by atoms with Gasteiger partial charge < -0.3 is 16.0 Å². The zero-order chi connectivity index (χ0) is 19.2. The van der Waals surface area contributed by atoms with Crippen LogP contribution in [0.15, 0.2) is 54.6 Å². The Kier molecular flexibility index (Phi) is 6.23. The first-order valence-corrected chi connectivity index (χ1v) is 9.65. The Morgan fingerprint density at radius 1 is 1.00 bits per heavy atom. The summed E-state index contributed by atoms with van der Waals surface area (Å²) in [6.45, 7) is 4.75. The lowest BCUT2D eigenvalue weighted by Crippen LogP contribution is -2.11. The molecule has 0 saturated carbocycles. The second-order valence-electron chi connectivity index (χ2n) is 5.91. The van der Waals surface area contributed by atoms with E-state index < -0.39 is 0 Å². The van der Waals surface area contributed by atoms with Gasteiger partial charge in [0.1, 0.15) is 5.82 Å².